The molecule has 8 heteroatoms. The number of nitro groups is 1. The van der Waals surface area contributed by atoms with Crippen molar-refractivity contribution >= 4 is 39.6 Å². The van der Waals surface area contributed by atoms with Gasteiger partial charge in [0.25, 0.3) is 5.69 Å². The maximum atomic E-state index is 12.5. The van der Waals surface area contributed by atoms with Crippen LogP contribution in [0.5, 0.6) is 0 Å². The number of benzene rings is 2. The Kier molecular flexibility index (Phi) is 4.70. The molecule has 0 unspecified atom stereocenters. The number of hydrogen-bond donors (Lipinski definition) is 0. The Morgan fingerprint density at radius 2 is 1.93 bits per heavy atom. The van der Waals surface area contributed by atoms with Crippen molar-refractivity contribution in [3.05, 3.63) is 79.0 Å². The number of hydrogen-bond acceptors (Lipinski definition) is 6. The predicted molar refractivity (Wildman–Crippen MR) is 110 cm³/mol. The van der Waals surface area contributed by atoms with Crippen LogP contribution in [0.1, 0.15) is 11.8 Å². The minimum Gasteiger partial charge on any atom is -0.422 e. The maximum Gasteiger partial charge on any atom is 0.346 e. The molecule has 6 nitrogen and oxygen atoms in total. The number of rotatable bonds is 4. The second kappa shape index (κ2) is 7.18. The average Bonchev–Trinajstić information content (AvgIpc) is 3.11. The predicted octanol–water partition coefficient (Wildman–Crippen LogP) is 5.71. The first-order valence-corrected chi connectivity index (χ1v) is 9.64. The zero-order valence-electron chi connectivity index (χ0n) is 14.6. The molecule has 0 N–H and O–H groups in total. The Hall–Kier alpha value is -3.03. The summed E-state index contributed by atoms with van der Waals surface area (Å²) in [6.07, 6.45) is 0.750. The Labute approximate surface area is 168 Å². The second-order valence-electron chi connectivity index (χ2n) is 6.08. The summed E-state index contributed by atoms with van der Waals surface area (Å²) in [6, 6.07) is 13.1. The van der Waals surface area contributed by atoms with E-state index in [2.05, 4.69) is 4.98 Å². The van der Waals surface area contributed by atoms with Gasteiger partial charge in [0, 0.05) is 33.0 Å². The monoisotopic (exact) mass is 412 g/mol. The van der Waals surface area contributed by atoms with Gasteiger partial charge in [0.1, 0.15) is 10.6 Å². The largest absolute Gasteiger partial charge is 0.422 e. The number of aryl methyl sites for hydroxylation is 1. The van der Waals surface area contributed by atoms with Crippen LogP contribution in [0.4, 0.5) is 5.69 Å². The van der Waals surface area contributed by atoms with Crippen molar-refractivity contribution in [2.24, 2.45) is 0 Å². The van der Waals surface area contributed by atoms with Crippen LogP contribution in [0.3, 0.4) is 0 Å². The van der Waals surface area contributed by atoms with Gasteiger partial charge in [-0.1, -0.05) is 30.7 Å². The Morgan fingerprint density at radius 1 is 1.18 bits per heavy atom. The topological polar surface area (TPSA) is 86.2 Å². The third-order valence-corrected chi connectivity index (χ3v) is 5.78. The second-order valence-corrected chi connectivity index (χ2v) is 7.60. The average molecular weight is 413 g/mol. The number of thiazole rings is 1. The molecule has 2 heterocycles. The Morgan fingerprint density at radius 3 is 2.61 bits per heavy atom. The molecule has 0 spiro atoms. The third kappa shape index (κ3) is 3.30. The van der Waals surface area contributed by atoms with Crippen LogP contribution in [0.2, 0.25) is 5.02 Å². The molecular formula is C20H13ClN2O4S. The van der Waals surface area contributed by atoms with E-state index in [0.717, 1.165) is 22.6 Å². The molecule has 0 aliphatic carbocycles. The summed E-state index contributed by atoms with van der Waals surface area (Å²) in [6.45, 7) is 2.02. The van der Waals surface area contributed by atoms with Crippen molar-refractivity contribution in [2.45, 2.75) is 13.3 Å². The number of halogens is 1. The number of nitro benzene ring substituents is 1. The summed E-state index contributed by atoms with van der Waals surface area (Å²) in [5.41, 5.74) is 1.68. The molecule has 4 aromatic rings. The summed E-state index contributed by atoms with van der Waals surface area (Å²) in [4.78, 5) is 28.7. The van der Waals surface area contributed by atoms with E-state index in [1.807, 2.05) is 19.1 Å². The standard InChI is InChI=1S/C20H13ClN2O4S/c1-2-17-18(11-3-5-13(21)6-4-11)22-19(28-17)15-10-12-9-14(23(25)26)7-8-16(12)27-20(15)24/h3-10H,2H2,1H3. The van der Waals surface area contributed by atoms with Crippen LogP contribution >= 0.6 is 22.9 Å². The van der Waals surface area contributed by atoms with Crippen LogP contribution in [0, 0.1) is 10.1 Å². The molecule has 0 fully saturated rings. The molecule has 0 aliphatic heterocycles. The first kappa shape index (κ1) is 18.3. The van der Waals surface area contributed by atoms with Gasteiger partial charge < -0.3 is 4.42 Å². The van der Waals surface area contributed by atoms with Gasteiger partial charge >= 0.3 is 5.63 Å². The number of aromatic nitrogens is 1. The highest BCUT2D eigenvalue weighted by atomic mass is 35.5. The first-order valence-electron chi connectivity index (χ1n) is 8.44. The first-order chi connectivity index (χ1) is 13.5. The smallest absolute Gasteiger partial charge is 0.346 e. The van der Waals surface area contributed by atoms with E-state index in [1.54, 1.807) is 18.2 Å². The zero-order valence-corrected chi connectivity index (χ0v) is 16.2. The molecule has 0 radical (unpaired) electrons. The van der Waals surface area contributed by atoms with Crippen molar-refractivity contribution < 1.29 is 9.34 Å². The molecule has 0 aliphatic rings. The van der Waals surface area contributed by atoms with Crippen LogP contribution in [-0.4, -0.2) is 9.91 Å². The molecule has 0 saturated heterocycles. The van der Waals surface area contributed by atoms with Crippen LogP contribution < -0.4 is 5.63 Å². The lowest BCUT2D eigenvalue weighted by atomic mass is 10.1. The quantitative estimate of drug-likeness (QED) is 0.243. The third-order valence-electron chi connectivity index (χ3n) is 4.29. The SMILES string of the molecule is CCc1sc(-c2cc3cc([N+](=O)[O-])ccc3oc2=O)nc1-c1ccc(Cl)cc1. The van der Waals surface area contributed by atoms with Gasteiger partial charge in [0.05, 0.1) is 16.2 Å². The highest BCUT2D eigenvalue weighted by molar-refractivity contribution is 7.15. The summed E-state index contributed by atoms with van der Waals surface area (Å²) < 4.78 is 5.36. The van der Waals surface area contributed by atoms with Crippen molar-refractivity contribution in [1.82, 2.24) is 4.98 Å². The van der Waals surface area contributed by atoms with E-state index >= 15 is 0 Å². The Balaban J connectivity index is 1.87. The maximum absolute atomic E-state index is 12.5. The molecule has 28 heavy (non-hydrogen) atoms. The molecule has 2 aromatic carbocycles. The van der Waals surface area contributed by atoms with E-state index in [0.29, 0.717) is 21.0 Å². The van der Waals surface area contributed by atoms with Crippen LogP contribution in [0.25, 0.3) is 32.8 Å². The summed E-state index contributed by atoms with van der Waals surface area (Å²) in [5.74, 6) is 0. The fourth-order valence-corrected chi connectivity index (χ4v) is 4.07. The van der Waals surface area contributed by atoms with Crippen LogP contribution in [0.15, 0.2) is 57.7 Å². The summed E-state index contributed by atoms with van der Waals surface area (Å²) in [5, 5.41) is 12.7. The molecule has 4 rings (SSSR count). The molecule has 0 bridgehead atoms. The van der Waals surface area contributed by atoms with E-state index in [-0.39, 0.29) is 11.3 Å². The fraction of sp³-hybridized carbons (Fsp3) is 0.100. The minimum atomic E-state index is -0.527. The molecule has 2 aromatic heterocycles. The molecule has 0 atom stereocenters. The van der Waals surface area contributed by atoms with Gasteiger partial charge in [0.2, 0.25) is 0 Å². The van der Waals surface area contributed by atoms with Gasteiger partial charge in [-0.3, -0.25) is 10.1 Å². The van der Waals surface area contributed by atoms with Gasteiger partial charge in [-0.25, -0.2) is 9.78 Å². The lowest BCUT2D eigenvalue weighted by Gasteiger charge is -2.00. The highest BCUT2D eigenvalue weighted by Gasteiger charge is 2.18. The van der Waals surface area contributed by atoms with Crippen molar-refractivity contribution in [3.63, 3.8) is 0 Å². The van der Waals surface area contributed by atoms with Crippen molar-refractivity contribution in [1.29, 1.82) is 0 Å². The van der Waals surface area contributed by atoms with Crippen molar-refractivity contribution in [3.8, 4) is 21.8 Å². The molecule has 0 amide bonds. The van der Waals surface area contributed by atoms with E-state index in [9.17, 15) is 14.9 Å². The molecule has 140 valence electrons. The lowest BCUT2D eigenvalue weighted by molar-refractivity contribution is -0.384. The fourth-order valence-electron chi connectivity index (χ4n) is 2.91. The van der Waals surface area contributed by atoms with Gasteiger partial charge in [-0.05, 0) is 30.7 Å². The summed E-state index contributed by atoms with van der Waals surface area (Å²) >= 11 is 7.37. The molecular weight excluding hydrogens is 400 g/mol. The Bertz CT molecular complexity index is 1260. The van der Waals surface area contributed by atoms with Crippen molar-refractivity contribution in [2.75, 3.05) is 0 Å². The van der Waals surface area contributed by atoms with Gasteiger partial charge in [0.15, 0.2) is 0 Å². The zero-order chi connectivity index (χ0) is 19.8. The minimum absolute atomic E-state index is 0.0671. The number of fused-ring (bicyclic) bond motifs is 1. The number of non-ortho nitro benzene ring substituents is 1. The number of nitrogens with zero attached hydrogens (tertiary/aromatic N) is 2. The molecule has 0 saturated carbocycles. The van der Waals surface area contributed by atoms with Gasteiger partial charge in [-0.2, -0.15) is 0 Å². The van der Waals surface area contributed by atoms with Gasteiger partial charge in [-0.15, -0.1) is 11.3 Å². The van der Waals surface area contributed by atoms with E-state index < -0.39 is 10.5 Å². The normalized spacial score (nSPS) is 11.1. The van der Waals surface area contributed by atoms with E-state index in [4.69, 9.17) is 16.0 Å². The highest BCUT2D eigenvalue weighted by Crippen LogP contribution is 2.34. The lowest BCUT2D eigenvalue weighted by Crippen LogP contribution is -2.02. The van der Waals surface area contributed by atoms with Crippen LogP contribution in [-0.2, 0) is 6.42 Å². The summed E-state index contributed by atoms with van der Waals surface area (Å²) in [7, 11) is 0. The van der Waals surface area contributed by atoms with E-state index in [1.165, 1.54) is 29.5 Å².